The number of benzene rings is 2. The molecule has 0 spiro atoms. The zero-order valence-electron chi connectivity index (χ0n) is 13.3. The molecule has 114 valence electrons. The highest BCUT2D eigenvalue weighted by atomic mass is 16.5. The van der Waals surface area contributed by atoms with E-state index in [2.05, 4.69) is 12.0 Å². The molecule has 0 radical (unpaired) electrons. The van der Waals surface area contributed by atoms with Gasteiger partial charge in [0.2, 0.25) is 0 Å². The molecule has 4 nitrogen and oxygen atoms in total. The van der Waals surface area contributed by atoms with E-state index in [1.165, 1.54) is 12.5 Å². The molecule has 0 saturated carbocycles. The monoisotopic (exact) mass is 296 g/mol. The second kappa shape index (κ2) is 6.89. The van der Waals surface area contributed by atoms with E-state index in [1.807, 2.05) is 61.1 Å². The van der Waals surface area contributed by atoms with Crippen LogP contribution in [0.3, 0.4) is 0 Å². The van der Waals surface area contributed by atoms with Crippen molar-refractivity contribution in [3.8, 4) is 11.4 Å². The number of ether oxygens (including phenoxy) is 1. The van der Waals surface area contributed by atoms with Crippen LogP contribution in [0.15, 0.2) is 48.7 Å². The van der Waals surface area contributed by atoms with Crippen LogP contribution in [-0.2, 0) is 4.79 Å². The average molecular weight is 296 g/mol. The molecule has 0 bridgehead atoms. The maximum Gasteiger partial charge on any atom is 0.308 e. The lowest BCUT2D eigenvalue weighted by atomic mass is 10.2. The number of aryl methyl sites for hydroxylation is 1. The van der Waals surface area contributed by atoms with Crippen molar-refractivity contribution in [1.29, 1.82) is 0 Å². The maximum absolute atomic E-state index is 11.0. The zero-order chi connectivity index (χ0) is 16.1. The standard InChI is InChI=1S/C16H14N2O2.C2H6/c1-11-3-5-14(6-4-11)18-10-13-9-15(20-12(2)19)7-8-16(13)17-18;1-2/h3-10H,1-2H3;1-2H3. The molecule has 0 aliphatic carbocycles. The summed E-state index contributed by atoms with van der Waals surface area (Å²) < 4.78 is 6.90. The van der Waals surface area contributed by atoms with Gasteiger partial charge in [-0.15, -0.1) is 0 Å². The van der Waals surface area contributed by atoms with Gasteiger partial charge in [0.15, 0.2) is 0 Å². The van der Waals surface area contributed by atoms with Crippen molar-refractivity contribution >= 4 is 16.9 Å². The highest BCUT2D eigenvalue weighted by Gasteiger charge is 2.05. The van der Waals surface area contributed by atoms with Crippen molar-refractivity contribution in [2.24, 2.45) is 0 Å². The Hall–Kier alpha value is -2.62. The summed E-state index contributed by atoms with van der Waals surface area (Å²) in [6.07, 6.45) is 1.92. The summed E-state index contributed by atoms with van der Waals surface area (Å²) in [5, 5.41) is 5.44. The maximum atomic E-state index is 11.0. The summed E-state index contributed by atoms with van der Waals surface area (Å²) in [6, 6.07) is 13.5. The number of rotatable bonds is 2. The molecule has 0 saturated heterocycles. The van der Waals surface area contributed by atoms with Crippen LogP contribution < -0.4 is 4.74 Å². The van der Waals surface area contributed by atoms with Gasteiger partial charge < -0.3 is 4.74 Å². The van der Waals surface area contributed by atoms with Crippen LogP contribution in [0, 0.1) is 6.92 Å². The highest BCUT2D eigenvalue weighted by molar-refractivity contribution is 5.81. The van der Waals surface area contributed by atoms with Gasteiger partial charge in [-0.1, -0.05) is 31.5 Å². The van der Waals surface area contributed by atoms with E-state index in [9.17, 15) is 4.79 Å². The summed E-state index contributed by atoms with van der Waals surface area (Å²) in [6.45, 7) is 7.44. The number of nitrogens with zero attached hydrogens (tertiary/aromatic N) is 2. The van der Waals surface area contributed by atoms with Crippen LogP contribution in [0.1, 0.15) is 26.3 Å². The Morgan fingerprint density at radius 1 is 1.09 bits per heavy atom. The van der Waals surface area contributed by atoms with E-state index in [-0.39, 0.29) is 5.97 Å². The molecule has 0 aliphatic rings. The van der Waals surface area contributed by atoms with Gasteiger partial charge in [0.1, 0.15) is 5.75 Å². The number of hydrogen-bond donors (Lipinski definition) is 0. The van der Waals surface area contributed by atoms with Crippen molar-refractivity contribution in [3.63, 3.8) is 0 Å². The van der Waals surface area contributed by atoms with E-state index in [0.717, 1.165) is 16.6 Å². The van der Waals surface area contributed by atoms with E-state index in [0.29, 0.717) is 5.75 Å². The summed E-state index contributed by atoms with van der Waals surface area (Å²) in [4.78, 5) is 11.0. The van der Waals surface area contributed by atoms with Gasteiger partial charge in [0, 0.05) is 18.5 Å². The molecule has 3 aromatic rings. The quantitative estimate of drug-likeness (QED) is 0.523. The van der Waals surface area contributed by atoms with Crippen LogP contribution in [0.5, 0.6) is 5.75 Å². The molecule has 0 amide bonds. The summed E-state index contributed by atoms with van der Waals surface area (Å²) in [7, 11) is 0. The van der Waals surface area contributed by atoms with Crippen molar-refractivity contribution in [2.75, 3.05) is 0 Å². The van der Waals surface area contributed by atoms with Gasteiger partial charge in [0.05, 0.1) is 11.2 Å². The smallest absolute Gasteiger partial charge is 0.308 e. The summed E-state index contributed by atoms with van der Waals surface area (Å²) >= 11 is 0. The average Bonchev–Trinajstić information content (AvgIpc) is 2.92. The van der Waals surface area contributed by atoms with Crippen LogP contribution in [0.2, 0.25) is 0 Å². The van der Waals surface area contributed by atoms with Gasteiger partial charge in [-0.2, -0.15) is 5.10 Å². The fourth-order valence-corrected chi connectivity index (χ4v) is 2.06. The molecule has 1 aromatic heterocycles. The fourth-order valence-electron chi connectivity index (χ4n) is 2.06. The Bertz CT molecular complexity index is 773. The van der Waals surface area contributed by atoms with Crippen molar-refractivity contribution in [2.45, 2.75) is 27.7 Å². The van der Waals surface area contributed by atoms with Crippen molar-refractivity contribution in [1.82, 2.24) is 9.78 Å². The summed E-state index contributed by atoms with van der Waals surface area (Å²) in [5.74, 6) is 0.212. The molecule has 1 heterocycles. The van der Waals surface area contributed by atoms with Crippen LogP contribution in [0.4, 0.5) is 0 Å². The molecule has 3 rings (SSSR count). The van der Waals surface area contributed by atoms with Gasteiger partial charge in [0.25, 0.3) is 0 Å². The molecule has 0 atom stereocenters. The van der Waals surface area contributed by atoms with Gasteiger partial charge in [-0.05, 0) is 37.3 Å². The van der Waals surface area contributed by atoms with Gasteiger partial charge in [-0.3, -0.25) is 4.79 Å². The van der Waals surface area contributed by atoms with E-state index in [1.54, 1.807) is 6.07 Å². The number of hydrogen-bond acceptors (Lipinski definition) is 3. The Morgan fingerprint density at radius 3 is 2.41 bits per heavy atom. The van der Waals surface area contributed by atoms with E-state index < -0.39 is 0 Å². The lowest BCUT2D eigenvalue weighted by Gasteiger charge is -2.00. The SMILES string of the molecule is CC.CC(=O)Oc1ccc2nn(-c3ccc(C)cc3)cc2c1. The first-order valence-corrected chi connectivity index (χ1v) is 7.37. The topological polar surface area (TPSA) is 44.1 Å². The van der Waals surface area contributed by atoms with Crippen LogP contribution >= 0.6 is 0 Å². The van der Waals surface area contributed by atoms with Gasteiger partial charge in [-0.25, -0.2) is 4.68 Å². The number of esters is 1. The minimum absolute atomic E-state index is 0.324. The number of carbonyl (C=O) groups is 1. The number of carbonyl (C=O) groups excluding carboxylic acids is 1. The zero-order valence-corrected chi connectivity index (χ0v) is 13.3. The van der Waals surface area contributed by atoms with Gasteiger partial charge >= 0.3 is 5.97 Å². The Morgan fingerprint density at radius 2 is 1.77 bits per heavy atom. The third-order valence-electron chi connectivity index (χ3n) is 3.04. The Labute approximate surface area is 130 Å². The molecule has 0 N–H and O–H groups in total. The number of fused-ring (bicyclic) bond motifs is 1. The highest BCUT2D eigenvalue weighted by Crippen LogP contribution is 2.21. The molecular weight excluding hydrogens is 276 g/mol. The molecule has 0 fully saturated rings. The van der Waals surface area contributed by atoms with E-state index >= 15 is 0 Å². The van der Waals surface area contributed by atoms with E-state index in [4.69, 9.17) is 4.74 Å². The molecule has 2 aromatic carbocycles. The van der Waals surface area contributed by atoms with Crippen molar-refractivity contribution in [3.05, 3.63) is 54.2 Å². The first-order chi connectivity index (χ1) is 10.6. The summed E-state index contributed by atoms with van der Waals surface area (Å²) in [5.41, 5.74) is 3.07. The largest absolute Gasteiger partial charge is 0.427 e. The molecule has 0 aliphatic heterocycles. The fraction of sp³-hybridized carbons (Fsp3) is 0.222. The second-order valence-electron chi connectivity index (χ2n) is 4.72. The van der Waals surface area contributed by atoms with Crippen molar-refractivity contribution < 1.29 is 9.53 Å². The lowest BCUT2D eigenvalue weighted by molar-refractivity contribution is -0.131. The minimum atomic E-state index is -0.324. The van der Waals surface area contributed by atoms with Crippen LogP contribution in [-0.4, -0.2) is 15.7 Å². The van der Waals surface area contributed by atoms with Crippen LogP contribution in [0.25, 0.3) is 16.6 Å². The molecule has 22 heavy (non-hydrogen) atoms. The number of aromatic nitrogens is 2. The molecular formula is C18H20N2O2. The Balaban J connectivity index is 0.000000847. The Kier molecular flexibility index (Phi) is 4.94. The first kappa shape index (κ1) is 15.8. The minimum Gasteiger partial charge on any atom is -0.427 e. The lowest BCUT2D eigenvalue weighted by Crippen LogP contribution is -2.00. The molecule has 0 unspecified atom stereocenters. The predicted molar refractivity (Wildman–Crippen MR) is 88.5 cm³/mol. The molecule has 4 heteroatoms. The third-order valence-corrected chi connectivity index (χ3v) is 3.04. The third kappa shape index (κ3) is 3.52. The normalized spacial score (nSPS) is 10.0. The first-order valence-electron chi connectivity index (χ1n) is 7.37. The predicted octanol–water partition coefficient (Wildman–Crippen LogP) is 4.29. The second-order valence-corrected chi connectivity index (χ2v) is 4.72.